The number of β-lactam (4-membered cyclic amide) rings is 1. The summed E-state index contributed by atoms with van der Waals surface area (Å²) in [5, 5.41) is 10.7. The van der Waals surface area contributed by atoms with Crippen LogP contribution in [0.2, 0.25) is 0 Å². The number of ether oxygens (including phenoxy) is 1. The van der Waals surface area contributed by atoms with Crippen LogP contribution in [-0.4, -0.2) is 37.3 Å². The average molecular weight is 460 g/mol. The van der Waals surface area contributed by atoms with E-state index in [1.165, 1.54) is 17.0 Å². The van der Waals surface area contributed by atoms with Gasteiger partial charge in [0.25, 0.3) is 5.69 Å². The zero-order valence-electron chi connectivity index (χ0n) is 12.4. The molecule has 1 unspecified atom stereocenters. The van der Waals surface area contributed by atoms with E-state index in [1.807, 2.05) is 0 Å². The van der Waals surface area contributed by atoms with E-state index < -0.39 is 10.9 Å². The molecule has 0 aromatic heterocycles. The van der Waals surface area contributed by atoms with Gasteiger partial charge in [0.05, 0.1) is 16.7 Å². The Balaban J connectivity index is 1.70. The SMILES string of the molecule is O=C(OCc1ccc([N+](=O)[O-])cc1)C1=C(CI)CSC2CC(=O)N12. The van der Waals surface area contributed by atoms with Gasteiger partial charge in [0, 0.05) is 22.3 Å². The summed E-state index contributed by atoms with van der Waals surface area (Å²) in [6.45, 7) is 0.00862. The van der Waals surface area contributed by atoms with Gasteiger partial charge in [0.1, 0.15) is 12.3 Å². The molecule has 1 fully saturated rings. The van der Waals surface area contributed by atoms with Crippen LogP contribution >= 0.6 is 34.4 Å². The van der Waals surface area contributed by atoms with E-state index in [0.29, 0.717) is 22.1 Å². The molecular formula is C15H13IN2O5S. The van der Waals surface area contributed by atoms with E-state index in [1.54, 1.807) is 23.9 Å². The highest BCUT2D eigenvalue weighted by atomic mass is 127. The molecule has 1 atom stereocenters. The number of hydrogen-bond acceptors (Lipinski definition) is 6. The fourth-order valence-electron chi connectivity index (χ4n) is 2.50. The smallest absolute Gasteiger partial charge is 0.355 e. The fourth-order valence-corrected chi connectivity index (χ4v) is 4.76. The Bertz CT molecular complexity index is 734. The molecule has 24 heavy (non-hydrogen) atoms. The molecule has 2 heterocycles. The monoisotopic (exact) mass is 460 g/mol. The van der Waals surface area contributed by atoms with Crippen LogP contribution in [-0.2, 0) is 20.9 Å². The van der Waals surface area contributed by atoms with Crippen molar-refractivity contribution in [2.45, 2.75) is 18.4 Å². The normalized spacial score (nSPS) is 19.6. The predicted octanol–water partition coefficient (Wildman–Crippen LogP) is 2.63. The van der Waals surface area contributed by atoms with Gasteiger partial charge >= 0.3 is 5.97 Å². The standard InChI is InChI=1S/C15H13IN2O5S/c16-6-10-8-24-13-5-12(19)17(13)14(10)15(20)23-7-9-1-3-11(4-2-9)18(21)22/h1-4,13H,5-8H2. The van der Waals surface area contributed by atoms with Crippen LogP contribution in [0.5, 0.6) is 0 Å². The van der Waals surface area contributed by atoms with Gasteiger partial charge in [-0.3, -0.25) is 19.8 Å². The van der Waals surface area contributed by atoms with Crippen LogP contribution in [0.15, 0.2) is 35.5 Å². The number of esters is 1. The highest BCUT2D eigenvalue weighted by molar-refractivity contribution is 14.1. The summed E-state index contributed by atoms with van der Waals surface area (Å²) >= 11 is 3.83. The molecule has 0 N–H and O–H groups in total. The minimum absolute atomic E-state index is 0.00862. The second-order valence-electron chi connectivity index (χ2n) is 5.32. The molecule has 2 aliphatic rings. The van der Waals surface area contributed by atoms with Gasteiger partial charge in [-0.05, 0) is 23.3 Å². The lowest BCUT2D eigenvalue weighted by Gasteiger charge is -2.44. The summed E-state index contributed by atoms with van der Waals surface area (Å²) in [7, 11) is 0. The molecule has 0 aliphatic carbocycles. The molecule has 0 bridgehead atoms. The average Bonchev–Trinajstić information content (AvgIpc) is 2.58. The number of nitro groups is 1. The summed E-state index contributed by atoms with van der Waals surface area (Å²) < 4.78 is 5.98. The van der Waals surface area contributed by atoms with E-state index in [0.717, 1.165) is 11.3 Å². The third-order valence-corrected chi connectivity index (χ3v) is 6.00. The Morgan fingerprint density at radius 1 is 1.42 bits per heavy atom. The lowest BCUT2D eigenvalue weighted by molar-refractivity contribution is -0.384. The Morgan fingerprint density at radius 3 is 2.71 bits per heavy atom. The van der Waals surface area contributed by atoms with Gasteiger partial charge in [-0.2, -0.15) is 0 Å². The summed E-state index contributed by atoms with van der Waals surface area (Å²) in [4.78, 5) is 36.0. The van der Waals surface area contributed by atoms with Crippen molar-refractivity contribution in [3.05, 3.63) is 51.2 Å². The van der Waals surface area contributed by atoms with Gasteiger partial charge in [-0.1, -0.05) is 22.6 Å². The van der Waals surface area contributed by atoms with E-state index >= 15 is 0 Å². The molecule has 3 rings (SSSR count). The molecule has 1 aromatic carbocycles. The summed E-state index contributed by atoms with van der Waals surface area (Å²) in [5.74, 6) is 0.148. The van der Waals surface area contributed by atoms with Gasteiger partial charge in [0.15, 0.2) is 0 Å². The molecule has 0 radical (unpaired) electrons. The number of halogens is 1. The zero-order chi connectivity index (χ0) is 17.3. The van der Waals surface area contributed by atoms with Crippen molar-refractivity contribution < 1.29 is 19.2 Å². The van der Waals surface area contributed by atoms with Crippen molar-refractivity contribution in [2.24, 2.45) is 0 Å². The number of thioether (sulfide) groups is 1. The van der Waals surface area contributed by atoms with E-state index in [-0.39, 0.29) is 23.6 Å². The first-order valence-electron chi connectivity index (χ1n) is 7.13. The van der Waals surface area contributed by atoms with Crippen LogP contribution in [0.3, 0.4) is 0 Å². The van der Waals surface area contributed by atoms with Crippen LogP contribution in [0.25, 0.3) is 0 Å². The van der Waals surface area contributed by atoms with Crippen molar-refractivity contribution in [1.82, 2.24) is 4.90 Å². The fraction of sp³-hybridized carbons (Fsp3) is 0.333. The first kappa shape index (κ1) is 17.2. The van der Waals surface area contributed by atoms with Crippen LogP contribution in [0, 0.1) is 10.1 Å². The first-order valence-corrected chi connectivity index (χ1v) is 9.71. The Labute approximate surface area is 155 Å². The number of alkyl halides is 1. The van der Waals surface area contributed by atoms with Crippen LogP contribution in [0.4, 0.5) is 5.69 Å². The minimum Gasteiger partial charge on any atom is -0.456 e. The molecule has 126 valence electrons. The maximum absolute atomic E-state index is 12.5. The highest BCUT2D eigenvalue weighted by Crippen LogP contribution is 2.40. The predicted molar refractivity (Wildman–Crippen MR) is 96.5 cm³/mol. The molecule has 0 spiro atoms. The van der Waals surface area contributed by atoms with Crippen molar-refractivity contribution in [1.29, 1.82) is 0 Å². The van der Waals surface area contributed by atoms with Crippen molar-refractivity contribution in [2.75, 3.05) is 10.2 Å². The molecule has 2 aliphatic heterocycles. The first-order chi connectivity index (χ1) is 11.5. The number of carbonyl (C=O) groups excluding carboxylic acids is 2. The molecule has 0 saturated carbocycles. The molecule has 7 nitrogen and oxygen atoms in total. The lowest BCUT2D eigenvalue weighted by atomic mass is 10.1. The maximum Gasteiger partial charge on any atom is 0.355 e. The molecule has 1 aromatic rings. The maximum atomic E-state index is 12.5. The summed E-state index contributed by atoms with van der Waals surface area (Å²) in [6.07, 6.45) is 0.457. The van der Waals surface area contributed by atoms with E-state index in [4.69, 9.17) is 4.74 Å². The number of amides is 1. The number of fused-ring (bicyclic) bond motifs is 1. The number of benzene rings is 1. The third kappa shape index (κ3) is 3.27. The number of nitrogens with zero attached hydrogens (tertiary/aromatic N) is 2. The molecule has 9 heteroatoms. The van der Waals surface area contributed by atoms with Crippen LogP contribution < -0.4 is 0 Å². The third-order valence-electron chi connectivity index (χ3n) is 3.80. The molecule has 1 amide bonds. The van der Waals surface area contributed by atoms with Crippen LogP contribution in [0.1, 0.15) is 12.0 Å². The zero-order valence-corrected chi connectivity index (χ0v) is 15.4. The Kier molecular flexibility index (Phi) is 5.09. The summed E-state index contributed by atoms with van der Waals surface area (Å²) in [6, 6.07) is 5.83. The van der Waals surface area contributed by atoms with Crippen molar-refractivity contribution in [3.8, 4) is 0 Å². The Morgan fingerprint density at radius 2 is 2.12 bits per heavy atom. The highest BCUT2D eigenvalue weighted by Gasteiger charge is 2.45. The van der Waals surface area contributed by atoms with Crippen molar-refractivity contribution >= 4 is 51.9 Å². The minimum atomic E-state index is -0.515. The van der Waals surface area contributed by atoms with E-state index in [9.17, 15) is 19.7 Å². The topological polar surface area (TPSA) is 89.7 Å². The number of nitro benzene ring substituents is 1. The van der Waals surface area contributed by atoms with Gasteiger partial charge in [0.2, 0.25) is 5.91 Å². The van der Waals surface area contributed by atoms with Gasteiger partial charge in [-0.15, -0.1) is 11.8 Å². The number of non-ortho nitro benzene ring substituents is 1. The second-order valence-corrected chi connectivity index (χ2v) is 7.25. The number of rotatable bonds is 5. The largest absolute Gasteiger partial charge is 0.456 e. The second kappa shape index (κ2) is 7.09. The molecule has 1 saturated heterocycles. The Hall–Kier alpha value is -1.62. The van der Waals surface area contributed by atoms with Gasteiger partial charge in [-0.25, -0.2) is 4.79 Å². The lowest BCUT2D eigenvalue weighted by Crippen LogP contribution is -2.54. The quantitative estimate of drug-likeness (QED) is 0.168. The van der Waals surface area contributed by atoms with E-state index in [2.05, 4.69) is 22.6 Å². The number of carbonyl (C=O) groups is 2. The molecular weight excluding hydrogens is 447 g/mol. The summed E-state index contributed by atoms with van der Waals surface area (Å²) in [5.41, 5.74) is 1.91. The van der Waals surface area contributed by atoms with Gasteiger partial charge < -0.3 is 4.74 Å². The number of hydrogen-bond donors (Lipinski definition) is 0. The van der Waals surface area contributed by atoms with Crippen molar-refractivity contribution in [3.63, 3.8) is 0 Å².